The van der Waals surface area contributed by atoms with E-state index in [9.17, 15) is 4.79 Å². The van der Waals surface area contributed by atoms with Gasteiger partial charge in [-0.25, -0.2) is 0 Å². The number of carbonyl (C=O) groups is 1. The maximum absolute atomic E-state index is 12.1. The Kier molecular flexibility index (Phi) is 6.18. The Bertz CT molecular complexity index is 638. The number of aliphatic hydroxyl groups excluding tert-OH is 1. The molecule has 0 saturated carbocycles. The largest absolute Gasteiger partial charge is 0.395 e. The van der Waals surface area contributed by atoms with Gasteiger partial charge in [0.2, 0.25) is 5.91 Å². The standard InChI is InChI=1S/C19H24N2O2/c1-3-15-5-4-6-16(13-15)14-19(23)20-17-7-9-18(10-8-17)21(2)11-12-22/h4-10,13,22H,3,11-12,14H2,1-2H3,(H,20,23). The maximum atomic E-state index is 12.1. The zero-order valence-electron chi connectivity index (χ0n) is 13.7. The molecule has 0 aliphatic rings. The van der Waals surface area contributed by atoms with Crippen molar-refractivity contribution in [2.24, 2.45) is 0 Å². The van der Waals surface area contributed by atoms with Crippen LogP contribution in [0.3, 0.4) is 0 Å². The monoisotopic (exact) mass is 312 g/mol. The molecule has 0 aliphatic carbocycles. The number of hydrogen-bond donors (Lipinski definition) is 2. The van der Waals surface area contributed by atoms with Gasteiger partial charge in [0, 0.05) is 25.0 Å². The predicted molar refractivity (Wildman–Crippen MR) is 95.0 cm³/mol. The number of hydrogen-bond acceptors (Lipinski definition) is 3. The lowest BCUT2D eigenvalue weighted by Crippen LogP contribution is -2.21. The van der Waals surface area contributed by atoms with E-state index in [1.54, 1.807) is 0 Å². The van der Waals surface area contributed by atoms with Crippen molar-refractivity contribution in [1.82, 2.24) is 0 Å². The first-order chi connectivity index (χ1) is 11.1. The molecule has 0 spiro atoms. The molecule has 0 fully saturated rings. The van der Waals surface area contributed by atoms with Crippen molar-refractivity contribution in [3.05, 3.63) is 59.7 Å². The third-order valence-corrected chi connectivity index (χ3v) is 3.79. The minimum Gasteiger partial charge on any atom is -0.395 e. The summed E-state index contributed by atoms with van der Waals surface area (Å²) in [6, 6.07) is 15.7. The molecule has 0 bridgehead atoms. The van der Waals surface area contributed by atoms with E-state index in [2.05, 4.69) is 24.4 Å². The second-order valence-electron chi connectivity index (χ2n) is 5.59. The van der Waals surface area contributed by atoms with Crippen LogP contribution in [0.5, 0.6) is 0 Å². The van der Waals surface area contributed by atoms with Crippen molar-refractivity contribution in [3.8, 4) is 0 Å². The zero-order valence-corrected chi connectivity index (χ0v) is 13.7. The van der Waals surface area contributed by atoms with Crippen LogP contribution in [-0.2, 0) is 17.6 Å². The average molecular weight is 312 g/mol. The van der Waals surface area contributed by atoms with Crippen LogP contribution in [-0.4, -0.2) is 31.2 Å². The topological polar surface area (TPSA) is 52.6 Å². The highest BCUT2D eigenvalue weighted by atomic mass is 16.3. The van der Waals surface area contributed by atoms with E-state index in [1.165, 1.54) is 5.56 Å². The van der Waals surface area contributed by atoms with Crippen LogP contribution >= 0.6 is 0 Å². The molecule has 2 aromatic carbocycles. The van der Waals surface area contributed by atoms with Crippen molar-refractivity contribution >= 4 is 17.3 Å². The average Bonchev–Trinajstić information content (AvgIpc) is 2.55. The van der Waals surface area contributed by atoms with E-state index in [4.69, 9.17) is 5.11 Å². The molecule has 0 saturated heterocycles. The normalized spacial score (nSPS) is 10.4. The molecular formula is C19H24N2O2. The molecule has 1 amide bonds. The Labute approximate surface area is 137 Å². The SMILES string of the molecule is CCc1cccc(CC(=O)Nc2ccc(N(C)CCO)cc2)c1. The third-order valence-electron chi connectivity index (χ3n) is 3.79. The summed E-state index contributed by atoms with van der Waals surface area (Å²) in [5.41, 5.74) is 4.06. The minimum absolute atomic E-state index is 0.0188. The summed E-state index contributed by atoms with van der Waals surface area (Å²) in [4.78, 5) is 14.1. The summed E-state index contributed by atoms with van der Waals surface area (Å²) in [6.45, 7) is 2.81. The van der Waals surface area contributed by atoms with Gasteiger partial charge < -0.3 is 15.3 Å². The number of carbonyl (C=O) groups excluding carboxylic acids is 1. The van der Waals surface area contributed by atoms with Crippen LogP contribution in [0.4, 0.5) is 11.4 Å². The molecule has 0 unspecified atom stereocenters. The molecule has 23 heavy (non-hydrogen) atoms. The Hall–Kier alpha value is -2.33. The second-order valence-corrected chi connectivity index (χ2v) is 5.59. The van der Waals surface area contributed by atoms with Crippen LogP contribution in [0, 0.1) is 0 Å². The molecule has 2 N–H and O–H groups in total. The molecule has 122 valence electrons. The van der Waals surface area contributed by atoms with Crippen molar-refractivity contribution in [1.29, 1.82) is 0 Å². The quantitative estimate of drug-likeness (QED) is 0.826. The molecule has 0 atom stereocenters. The Morgan fingerprint density at radius 1 is 1.13 bits per heavy atom. The van der Waals surface area contributed by atoms with E-state index in [1.807, 2.05) is 48.3 Å². The van der Waals surface area contributed by atoms with Gasteiger partial charge in [-0.2, -0.15) is 0 Å². The lowest BCUT2D eigenvalue weighted by atomic mass is 10.1. The molecule has 0 aromatic heterocycles. The highest BCUT2D eigenvalue weighted by molar-refractivity contribution is 5.92. The lowest BCUT2D eigenvalue weighted by molar-refractivity contribution is -0.115. The molecule has 0 radical (unpaired) electrons. The second kappa shape index (κ2) is 8.34. The molecular weight excluding hydrogens is 288 g/mol. The van der Waals surface area contributed by atoms with Crippen molar-refractivity contribution < 1.29 is 9.90 Å². The van der Waals surface area contributed by atoms with E-state index in [-0.39, 0.29) is 12.5 Å². The summed E-state index contributed by atoms with van der Waals surface area (Å²) >= 11 is 0. The van der Waals surface area contributed by atoms with Crippen molar-refractivity contribution in [2.45, 2.75) is 19.8 Å². The fourth-order valence-corrected chi connectivity index (χ4v) is 2.43. The molecule has 2 rings (SSSR count). The maximum Gasteiger partial charge on any atom is 0.228 e. The number of aliphatic hydroxyl groups is 1. The van der Waals surface area contributed by atoms with Gasteiger partial charge in [0.15, 0.2) is 0 Å². The highest BCUT2D eigenvalue weighted by Crippen LogP contribution is 2.17. The number of likely N-dealkylation sites (N-methyl/N-ethyl adjacent to an activating group) is 1. The first-order valence-corrected chi connectivity index (χ1v) is 7.92. The minimum atomic E-state index is -0.0188. The number of anilines is 2. The molecule has 4 heteroatoms. The summed E-state index contributed by atoms with van der Waals surface area (Å²) in [5, 5.41) is 11.9. The van der Waals surface area contributed by atoms with Gasteiger partial charge in [-0.3, -0.25) is 4.79 Å². The van der Waals surface area contributed by atoms with Gasteiger partial charge in [0.25, 0.3) is 0 Å². The number of nitrogens with one attached hydrogen (secondary N) is 1. The summed E-state index contributed by atoms with van der Waals surface area (Å²) in [5.74, 6) is -0.0188. The van der Waals surface area contributed by atoms with Crippen molar-refractivity contribution in [3.63, 3.8) is 0 Å². The van der Waals surface area contributed by atoms with Gasteiger partial charge in [0.05, 0.1) is 13.0 Å². The van der Waals surface area contributed by atoms with Crippen LogP contribution in [0.25, 0.3) is 0 Å². The first kappa shape index (κ1) is 17.0. The van der Waals surface area contributed by atoms with Crippen LogP contribution in [0.15, 0.2) is 48.5 Å². The highest BCUT2D eigenvalue weighted by Gasteiger charge is 2.06. The zero-order chi connectivity index (χ0) is 16.7. The van der Waals surface area contributed by atoms with Crippen molar-refractivity contribution in [2.75, 3.05) is 30.4 Å². The smallest absolute Gasteiger partial charge is 0.228 e. The van der Waals surface area contributed by atoms with Gasteiger partial charge in [0.1, 0.15) is 0 Å². The summed E-state index contributed by atoms with van der Waals surface area (Å²) in [7, 11) is 1.92. The van der Waals surface area contributed by atoms with Gasteiger partial charge in [-0.1, -0.05) is 31.2 Å². The molecule has 0 aliphatic heterocycles. The molecule has 2 aromatic rings. The predicted octanol–water partition coefficient (Wildman–Crippen LogP) is 2.86. The summed E-state index contributed by atoms with van der Waals surface area (Å²) < 4.78 is 0. The first-order valence-electron chi connectivity index (χ1n) is 7.92. The van der Waals surface area contributed by atoms with Gasteiger partial charge in [-0.15, -0.1) is 0 Å². The fourth-order valence-electron chi connectivity index (χ4n) is 2.43. The van der Waals surface area contributed by atoms with E-state index < -0.39 is 0 Å². The number of rotatable bonds is 7. The number of amides is 1. The van der Waals surface area contributed by atoms with E-state index in [0.717, 1.165) is 23.4 Å². The Morgan fingerprint density at radius 3 is 2.48 bits per heavy atom. The number of benzene rings is 2. The summed E-state index contributed by atoms with van der Waals surface area (Å²) in [6.07, 6.45) is 1.35. The Morgan fingerprint density at radius 2 is 1.83 bits per heavy atom. The molecule has 0 heterocycles. The van der Waals surface area contributed by atoms with Gasteiger partial charge in [-0.05, 0) is 41.8 Å². The van der Waals surface area contributed by atoms with E-state index >= 15 is 0 Å². The lowest BCUT2D eigenvalue weighted by Gasteiger charge is -2.18. The van der Waals surface area contributed by atoms with Crippen LogP contribution in [0.2, 0.25) is 0 Å². The Balaban J connectivity index is 1.94. The number of nitrogens with zero attached hydrogens (tertiary/aromatic N) is 1. The third kappa shape index (κ3) is 5.11. The van der Waals surface area contributed by atoms with Gasteiger partial charge >= 0.3 is 0 Å². The number of aryl methyl sites for hydroxylation is 1. The van der Waals surface area contributed by atoms with E-state index in [0.29, 0.717) is 13.0 Å². The molecule has 4 nitrogen and oxygen atoms in total. The van der Waals surface area contributed by atoms with Crippen LogP contribution in [0.1, 0.15) is 18.1 Å². The fraction of sp³-hybridized carbons (Fsp3) is 0.316. The van der Waals surface area contributed by atoms with Crippen LogP contribution < -0.4 is 10.2 Å².